The number of rotatable bonds is 19. The van der Waals surface area contributed by atoms with E-state index in [2.05, 4.69) is 108 Å². The van der Waals surface area contributed by atoms with Crippen LogP contribution in [-0.4, -0.2) is 28.0 Å². The molecule has 0 spiro atoms. The van der Waals surface area contributed by atoms with E-state index in [9.17, 15) is 9.59 Å². The number of aryl methyl sites for hydroxylation is 2. The molecule has 5 heteroatoms. The highest BCUT2D eigenvalue weighted by molar-refractivity contribution is 6.18. The molecule has 8 aromatic rings. The van der Waals surface area contributed by atoms with Gasteiger partial charge in [-0.15, -0.1) is 0 Å². The van der Waals surface area contributed by atoms with Crippen molar-refractivity contribution < 1.29 is 14.3 Å². The van der Waals surface area contributed by atoms with Crippen LogP contribution in [0.5, 0.6) is 0 Å². The van der Waals surface area contributed by atoms with Crippen LogP contribution in [0.1, 0.15) is 128 Å². The molecule has 0 saturated heterocycles. The summed E-state index contributed by atoms with van der Waals surface area (Å²) in [5.74, 6) is -0.431. The Kier molecular flexibility index (Phi) is 12.9. The molecule has 60 heavy (non-hydrogen) atoms. The zero-order valence-corrected chi connectivity index (χ0v) is 35.6. The molecule has 0 aliphatic carbocycles. The average molecular weight is 795 g/mol. The minimum atomic E-state index is -0.388. The molecule has 0 unspecified atom stereocenters. The van der Waals surface area contributed by atoms with Crippen LogP contribution in [0.25, 0.3) is 55.0 Å². The molecular formula is C55H58N2O3. The van der Waals surface area contributed by atoms with Gasteiger partial charge in [0, 0.05) is 44.0 Å². The van der Waals surface area contributed by atoms with Crippen LogP contribution in [0.15, 0.2) is 127 Å². The van der Waals surface area contributed by atoms with Gasteiger partial charge in [-0.25, -0.2) is 4.79 Å². The van der Waals surface area contributed by atoms with Crippen LogP contribution in [0.3, 0.4) is 0 Å². The number of para-hydroxylation sites is 1. The zero-order chi connectivity index (χ0) is 41.4. The molecular weight excluding hydrogens is 737 g/mol. The first-order valence-electron chi connectivity index (χ1n) is 22.4. The number of methoxy groups -OCH3 is 1. The number of ketones is 1. The van der Waals surface area contributed by atoms with Crippen molar-refractivity contribution in [1.29, 1.82) is 0 Å². The molecule has 0 saturated carbocycles. The predicted octanol–water partition coefficient (Wildman–Crippen LogP) is 14.7. The SMILES string of the molecule is CCCCCCCCc1ccc(-n2c3ccccc3c3cc(C(=O)c4ccc5c(c4)c4cc(C(=O)OC)ccc4n5-c4ccc(CCCCCCCC)cc4)ccc32)cc1. The molecule has 6 aromatic carbocycles. The third-order valence-corrected chi connectivity index (χ3v) is 12.4. The molecule has 0 atom stereocenters. The fourth-order valence-electron chi connectivity index (χ4n) is 9.09. The van der Waals surface area contributed by atoms with Crippen molar-refractivity contribution in [2.75, 3.05) is 7.11 Å². The minimum absolute atomic E-state index is 0.0428. The number of carbonyl (C=O) groups excluding carboxylic acids is 2. The largest absolute Gasteiger partial charge is 0.465 e. The highest BCUT2D eigenvalue weighted by Crippen LogP contribution is 2.36. The number of fused-ring (bicyclic) bond motifs is 6. The summed E-state index contributed by atoms with van der Waals surface area (Å²) in [5, 5.41) is 3.98. The van der Waals surface area contributed by atoms with E-state index < -0.39 is 0 Å². The second-order valence-corrected chi connectivity index (χ2v) is 16.6. The van der Waals surface area contributed by atoms with Gasteiger partial charge in [0.1, 0.15) is 0 Å². The van der Waals surface area contributed by atoms with E-state index in [0.29, 0.717) is 16.7 Å². The Morgan fingerprint density at radius 2 is 0.833 bits per heavy atom. The van der Waals surface area contributed by atoms with Crippen molar-refractivity contribution in [3.8, 4) is 11.4 Å². The summed E-state index contributed by atoms with van der Waals surface area (Å²) in [5.41, 5.74) is 10.7. The first-order valence-corrected chi connectivity index (χ1v) is 22.4. The van der Waals surface area contributed by atoms with E-state index >= 15 is 0 Å². The summed E-state index contributed by atoms with van der Waals surface area (Å²) in [6.07, 6.45) is 17.7. The third-order valence-electron chi connectivity index (χ3n) is 12.4. The summed E-state index contributed by atoms with van der Waals surface area (Å²) in [6, 6.07) is 44.1. The van der Waals surface area contributed by atoms with E-state index in [1.165, 1.54) is 95.3 Å². The molecule has 2 heterocycles. The van der Waals surface area contributed by atoms with Crippen molar-refractivity contribution in [3.05, 3.63) is 155 Å². The van der Waals surface area contributed by atoms with Gasteiger partial charge < -0.3 is 13.9 Å². The van der Waals surface area contributed by atoms with E-state index in [-0.39, 0.29) is 11.8 Å². The van der Waals surface area contributed by atoms with Gasteiger partial charge in [0.25, 0.3) is 0 Å². The fourth-order valence-corrected chi connectivity index (χ4v) is 9.09. The lowest BCUT2D eigenvalue weighted by Gasteiger charge is -2.10. The summed E-state index contributed by atoms with van der Waals surface area (Å²) >= 11 is 0. The van der Waals surface area contributed by atoms with Crippen molar-refractivity contribution in [2.45, 2.75) is 104 Å². The van der Waals surface area contributed by atoms with Crippen LogP contribution < -0.4 is 0 Å². The van der Waals surface area contributed by atoms with Gasteiger partial charge in [0.2, 0.25) is 0 Å². The van der Waals surface area contributed by atoms with Gasteiger partial charge in [0.15, 0.2) is 5.78 Å². The minimum Gasteiger partial charge on any atom is -0.465 e. The topological polar surface area (TPSA) is 53.2 Å². The molecule has 8 rings (SSSR count). The molecule has 5 nitrogen and oxygen atoms in total. The van der Waals surface area contributed by atoms with Gasteiger partial charge in [0.05, 0.1) is 34.7 Å². The molecule has 0 aliphatic heterocycles. The maximum atomic E-state index is 14.5. The van der Waals surface area contributed by atoms with Crippen molar-refractivity contribution >= 4 is 55.4 Å². The Balaban J connectivity index is 1.10. The van der Waals surface area contributed by atoms with E-state index in [1.54, 1.807) is 0 Å². The number of nitrogens with zero attached hydrogens (tertiary/aromatic N) is 2. The summed E-state index contributed by atoms with van der Waals surface area (Å²) < 4.78 is 9.65. The highest BCUT2D eigenvalue weighted by Gasteiger charge is 2.20. The van der Waals surface area contributed by atoms with Crippen molar-refractivity contribution in [2.24, 2.45) is 0 Å². The lowest BCUT2D eigenvalue weighted by molar-refractivity contribution is 0.0600. The first-order chi connectivity index (χ1) is 29.5. The molecule has 0 N–H and O–H groups in total. The molecule has 0 fully saturated rings. The second kappa shape index (κ2) is 19.0. The summed E-state index contributed by atoms with van der Waals surface area (Å²) in [7, 11) is 1.40. The number of unbranched alkanes of at least 4 members (excludes halogenated alkanes) is 10. The maximum absolute atomic E-state index is 14.5. The molecule has 0 radical (unpaired) electrons. The number of benzene rings is 6. The Labute approximate surface area is 355 Å². The third kappa shape index (κ3) is 8.54. The van der Waals surface area contributed by atoms with Gasteiger partial charge in [-0.2, -0.15) is 0 Å². The predicted molar refractivity (Wildman–Crippen MR) is 250 cm³/mol. The fraction of sp³-hybridized carbons (Fsp3) is 0.309. The standard InChI is InChI=1S/C55H58N2O3/c1-4-6-8-10-12-14-18-39-22-29-44(30-23-39)56-50-21-17-16-20-46(50)47-36-41(26-33-51(47)56)54(58)42-27-34-52-48(37-42)49-38-43(55(59)60-3)28-35-53(49)57(52)45-31-24-40(25-32-45)19-15-13-11-9-7-5-2/h16-17,20-38H,4-15,18-19H2,1-3H3. The summed E-state index contributed by atoms with van der Waals surface area (Å²) in [4.78, 5) is 27.2. The quantitative estimate of drug-likeness (QED) is 0.0465. The van der Waals surface area contributed by atoms with Crippen LogP contribution in [0.2, 0.25) is 0 Å². The van der Waals surface area contributed by atoms with Crippen molar-refractivity contribution in [3.63, 3.8) is 0 Å². The average Bonchev–Trinajstić information content (AvgIpc) is 3.80. The van der Waals surface area contributed by atoms with Gasteiger partial charge in [-0.3, -0.25) is 4.79 Å². The van der Waals surface area contributed by atoms with Gasteiger partial charge in [-0.05, 0) is 122 Å². The Hall–Kier alpha value is -5.94. The Bertz CT molecular complexity index is 2750. The number of carbonyl (C=O) groups is 2. The van der Waals surface area contributed by atoms with Gasteiger partial charge in [-0.1, -0.05) is 121 Å². The molecule has 0 aliphatic rings. The maximum Gasteiger partial charge on any atom is 0.337 e. The summed E-state index contributed by atoms with van der Waals surface area (Å²) in [6.45, 7) is 4.52. The number of hydrogen-bond acceptors (Lipinski definition) is 3. The smallest absolute Gasteiger partial charge is 0.337 e. The molecule has 2 aromatic heterocycles. The van der Waals surface area contributed by atoms with Crippen LogP contribution >= 0.6 is 0 Å². The molecule has 0 amide bonds. The van der Waals surface area contributed by atoms with Crippen LogP contribution in [0.4, 0.5) is 0 Å². The lowest BCUT2D eigenvalue weighted by Crippen LogP contribution is -2.02. The second-order valence-electron chi connectivity index (χ2n) is 16.6. The molecule has 306 valence electrons. The monoisotopic (exact) mass is 794 g/mol. The van der Waals surface area contributed by atoms with E-state index in [1.807, 2.05) is 42.5 Å². The van der Waals surface area contributed by atoms with E-state index in [0.717, 1.165) is 67.8 Å². The zero-order valence-electron chi connectivity index (χ0n) is 35.6. The Morgan fingerprint density at radius 3 is 1.32 bits per heavy atom. The van der Waals surface area contributed by atoms with Gasteiger partial charge >= 0.3 is 5.97 Å². The number of aromatic nitrogens is 2. The van der Waals surface area contributed by atoms with E-state index in [4.69, 9.17) is 4.74 Å². The van der Waals surface area contributed by atoms with Crippen LogP contribution in [-0.2, 0) is 17.6 Å². The number of esters is 1. The number of ether oxygens (including phenoxy) is 1. The Morgan fingerprint density at radius 1 is 0.433 bits per heavy atom. The number of hydrogen-bond donors (Lipinski definition) is 0. The van der Waals surface area contributed by atoms with Crippen molar-refractivity contribution in [1.82, 2.24) is 9.13 Å². The first kappa shape index (κ1) is 40.8. The van der Waals surface area contributed by atoms with Crippen LogP contribution in [0, 0.1) is 0 Å². The lowest BCUT2D eigenvalue weighted by atomic mass is 9.99. The molecule has 0 bridgehead atoms. The normalized spacial score (nSPS) is 11.7. The highest BCUT2D eigenvalue weighted by atomic mass is 16.5.